The lowest BCUT2D eigenvalue weighted by molar-refractivity contribution is 0.446. The third-order valence-electron chi connectivity index (χ3n) is 2.44. The van der Waals surface area contributed by atoms with Crippen molar-refractivity contribution >= 4 is 0 Å². The molecule has 1 rings (SSSR count). The molecule has 0 spiro atoms. The van der Waals surface area contributed by atoms with Crippen LogP contribution in [0, 0.1) is 6.92 Å². The number of alkyl halides is 1. The fourth-order valence-corrected chi connectivity index (χ4v) is 1.58. The van der Waals surface area contributed by atoms with E-state index in [1.807, 2.05) is 13.8 Å². The Balaban J connectivity index is 3.07. The van der Waals surface area contributed by atoms with E-state index in [4.69, 9.17) is 0 Å². The van der Waals surface area contributed by atoms with Crippen molar-refractivity contribution in [3.63, 3.8) is 0 Å². The van der Waals surface area contributed by atoms with Gasteiger partial charge < -0.3 is 0 Å². The topological polar surface area (TPSA) is 0 Å². The Morgan fingerprint density at radius 1 is 1.38 bits per heavy atom. The number of rotatable bonds is 3. The van der Waals surface area contributed by atoms with Crippen LogP contribution in [0.2, 0.25) is 0 Å². The third kappa shape index (κ3) is 2.30. The van der Waals surface area contributed by atoms with Crippen LogP contribution in [0.3, 0.4) is 0 Å². The molecule has 0 N–H and O–H groups in total. The van der Waals surface area contributed by atoms with Crippen LogP contribution in [0.4, 0.5) is 4.39 Å². The van der Waals surface area contributed by atoms with Gasteiger partial charge in [-0.2, -0.15) is 0 Å². The van der Waals surface area contributed by atoms with Crippen LogP contribution in [-0.4, -0.2) is 6.67 Å². The highest BCUT2D eigenvalue weighted by Gasteiger charge is 2.08. The second-order valence-electron chi connectivity index (χ2n) is 3.61. The first-order valence-electron chi connectivity index (χ1n) is 4.84. The lowest BCUT2D eigenvalue weighted by atomic mass is 9.93. The van der Waals surface area contributed by atoms with E-state index >= 15 is 0 Å². The maximum atomic E-state index is 12.5. The molecule has 1 aromatic carbocycles. The molecule has 0 heterocycles. The highest BCUT2D eigenvalue weighted by molar-refractivity contribution is 5.34. The van der Waals surface area contributed by atoms with Crippen LogP contribution in [0.15, 0.2) is 18.2 Å². The molecule has 0 bridgehead atoms. The minimum absolute atomic E-state index is 0.0369. The maximum Gasteiger partial charge on any atom is 0.0960 e. The minimum Gasteiger partial charge on any atom is -0.250 e. The molecule has 0 aliphatic rings. The third-order valence-corrected chi connectivity index (χ3v) is 2.44. The van der Waals surface area contributed by atoms with E-state index in [-0.39, 0.29) is 12.6 Å². The van der Waals surface area contributed by atoms with Crippen molar-refractivity contribution in [3.05, 3.63) is 34.9 Å². The van der Waals surface area contributed by atoms with Gasteiger partial charge in [-0.1, -0.05) is 37.6 Å². The molecule has 0 saturated carbocycles. The molecule has 1 aromatic rings. The zero-order valence-corrected chi connectivity index (χ0v) is 8.60. The zero-order valence-electron chi connectivity index (χ0n) is 8.60. The molecule has 1 unspecified atom stereocenters. The van der Waals surface area contributed by atoms with Gasteiger partial charge in [0.05, 0.1) is 6.67 Å². The first kappa shape index (κ1) is 10.2. The van der Waals surface area contributed by atoms with Crippen molar-refractivity contribution < 1.29 is 4.39 Å². The highest BCUT2D eigenvalue weighted by atomic mass is 19.1. The van der Waals surface area contributed by atoms with Crippen LogP contribution < -0.4 is 0 Å². The predicted octanol–water partition coefficient (Wildman–Crippen LogP) is 3.63. The molecular weight excluding hydrogens is 163 g/mol. The van der Waals surface area contributed by atoms with Crippen LogP contribution in [0.1, 0.15) is 36.5 Å². The first-order valence-corrected chi connectivity index (χ1v) is 4.84. The van der Waals surface area contributed by atoms with E-state index in [2.05, 4.69) is 25.1 Å². The minimum atomic E-state index is -0.267. The average Bonchev–Trinajstić information content (AvgIpc) is 2.16. The molecule has 1 heteroatoms. The van der Waals surface area contributed by atoms with Gasteiger partial charge in [0.2, 0.25) is 0 Å². The maximum absolute atomic E-state index is 12.5. The second-order valence-corrected chi connectivity index (χ2v) is 3.61. The molecule has 0 aliphatic heterocycles. The lowest BCUT2D eigenvalue weighted by Gasteiger charge is -2.13. The number of halogens is 1. The summed E-state index contributed by atoms with van der Waals surface area (Å²) in [6.45, 7) is 5.83. The van der Waals surface area contributed by atoms with Gasteiger partial charge in [-0.05, 0) is 24.5 Å². The average molecular weight is 180 g/mol. The van der Waals surface area contributed by atoms with Crippen molar-refractivity contribution in [2.75, 3.05) is 6.67 Å². The number of aryl methyl sites for hydroxylation is 2. The van der Waals surface area contributed by atoms with E-state index in [1.165, 1.54) is 16.7 Å². The summed E-state index contributed by atoms with van der Waals surface area (Å²) >= 11 is 0. The van der Waals surface area contributed by atoms with Crippen LogP contribution >= 0.6 is 0 Å². The number of benzene rings is 1. The smallest absolute Gasteiger partial charge is 0.0960 e. The zero-order chi connectivity index (χ0) is 9.84. The van der Waals surface area contributed by atoms with Gasteiger partial charge in [0.25, 0.3) is 0 Å². The summed E-state index contributed by atoms with van der Waals surface area (Å²) in [6, 6.07) is 6.30. The summed E-state index contributed by atoms with van der Waals surface area (Å²) in [5.74, 6) is 0.0369. The molecule has 72 valence electrons. The second kappa shape index (κ2) is 4.40. The Hall–Kier alpha value is -0.850. The summed E-state index contributed by atoms with van der Waals surface area (Å²) in [5, 5.41) is 0. The first-order chi connectivity index (χ1) is 6.19. The van der Waals surface area contributed by atoms with Crippen molar-refractivity contribution in [1.82, 2.24) is 0 Å². The molecule has 0 aromatic heterocycles. The van der Waals surface area contributed by atoms with Gasteiger partial charge in [-0.25, -0.2) is 0 Å². The molecule has 0 amide bonds. The molecule has 13 heavy (non-hydrogen) atoms. The molecule has 0 saturated heterocycles. The molecule has 0 nitrogen and oxygen atoms in total. The largest absolute Gasteiger partial charge is 0.250 e. The molecule has 1 atom stereocenters. The Morgan fingerprint density at radius 3 is 2.62 bits per heavy atom. The van der Waals surface area contributed by atoms with E-state index < -0.39 is 0 Å². The standard InChI is InChI=1S/C12H17F/c1-4-11-6-5-9(2)7-12(11)10(3)8-13/h5-7,10H,4,8H2,1-3H3. The van der Waals surface area contributed by atoms with Crippen molar-refractivity contribution in [3.8, 4) is 0 Å². The predicted molar refractivity (Wildman–Crippen MR) is 54.9 cm³/mol. The molecule has 0 fully saturated rings. The van der Waals surface area contributed by atoms with E-state index in [1.54, 1.807) is 0 Å². The Morgan fingerprint density at radius 2 is 2.08 bits per heavy atom. The molecule has 0 aliphatic carbocycles. The fraction of sp³-hybridized carbons (Fsp3) is 0.500. The Bertz CT molecular complexity index is 278. The summed E-state index contributed by atoms with van der Waals surface area (Å²) in [5.41, 5.74) is 3.66. The number of hydrogen-bond donors (Lipinski definition) is 0. The summed E-state index contributed by atoms with van der Waals surface area (Å²) in [4.78, 5) is 0. The number of hydrogen-bond acceptors (Lipinski definition) is 0. The molecular formula is C12H17F. The van der Waals surface area contributed by atoms with Gasteiger partial charge >= 0.3 is 0 Å². The van der Waals surface area contributed by atoms with Gasteiger partial charge in [0, 0.05) is 5.92 Å². The summed E-state index contributed by atoms with van der Waals surface area (Å²) in [6.07, 6.45) is 0.986. The van der Waals surface area contributed by atoms with Gasteiger partial charge in [0.15, 0.2) is 0 Å². The summed E-state index contributed by atoms with van der Waals surface area (Å²) < 4.78 is 12.5. The normalized spacial score (nSPS) is 12.9. The Kier molecular flexibility index (Phi) is 3.47. The summed E-state index contributed by atoms with van der Waals surface area (Å²) in [7, 11) is 0. The van der Waals surface area contributed by atoms with Gasteiger partial charge in [-0.3, -0.25) is 4.39 Å². The van der Waals surface area contributed by atoms with Crippen molar-refractivity contribution in [2.45, 2.75) is 33.1 Å². The van der Waals surface area contributed by atoms with Gasteiger partial charge in [0.1, 0.15) is 0 Å². The van der Waals surface area contributed by atoms with Gasteiger partial charge in [-0.15, -0.1) is 0 Å². The van der Waals surface area contributed by atoms with Crippen molar-refractivity contribution in [1.29, 1.82) is 0 Å². The van der Waals surface area contributed by atoms with E-state index in [0.717, 1.165) is 6.42 Å². The van der Waals surface area contributed by atoms with Crippen LogP contribution in [0.5, 0.6) is 0 Å². The monoisotopic (exact) mass is 180 g/mol. The Labute approximate surface area is 79.8 Å². The van der Waals surface area contributed by atoms with Crippen LogP contribution in [0.25, 0.3) is 0 Å². The lowest BCUT2D eigenvalue weighted by Crippen LogP contribution is -2.00. The SMILES string of the molecule is CCc1ccc(C)cc1C(C)CF. The quantitative estimate of drug-likeness (QED) is 0.666. The van der Waals surface area contributed by atoms with E-state index in [0.29, 0.717) is 0 Å². The fourth-order valence-electron chi connectivity index (χ4n) is 1.58. The highest BCUT2D eigenvalue weighted by Crippen LogP contribution is 2.22. The van der Waals surface area contributed by atoms with Crippen LogP contribution in [-0.2, 0) is 6.42 Å². The van der Waals surface area contributed by atoms with Crippen molar-refractivity contribution in [2.24, 2.45) is 0 Å². The molecule has 0 radical (unpaired) electrons. The van der Waals surface area contributed by atoms with E-state index in [9.17, 15) is 4.39 Å².